The van der Waals surface area contributed by atoms with E-state index in [1.54, 1.807) is 6.08 Å². The Morgan fingerprint density at radius 2 is 1.19 bits per heavy atom. The summed E-state index contributed by atoms with van der Waals surface area (Å²) in [5, 5.41) is 2.28. The van der Waals surface area contributed by atoms with E-state index in [-0.39, 0.29) is 0 Å². The van der Waals surface area contributed by atoms with Crippen LogP contribution in [-0.4, -0.2) is 19.5 Å². The highest BCUT2D eigenvalue weighted by atomic mass is 16.5. The molecule has 280 valence electrons. The SMILES string of the molecule is C=C/C=C\C(=C/C)c1nc(-c2ccccc2)nc(-c2cccc(-n3c4ccccc4c4cc(-c5cc6c7c(c5)Oc5ccccc5N7c5ccccc5O6)ccc43)c2)n1. The molecule has 0 atom stereocenters. The zero-order valence-corrected chi connectivity index (χ0v) is 32.1. The monoisotopic (exact) mass is 761 g/mol. The fourth-order valence-corrected chi connectivity index (χ4v) is 8.23. The number of benzene rings is 7. The molecule has 0 amide bonds. The number of para-hydroxylation sites is 5. The summed E-state index contributed by atoms with van der Waals surface area (Å²) >= 11 is 0. The van der Waals surface area contributed by atoms with Gasteiger partial charge in [0.1, 0.15) is 5.69 Å². The van der Waals surface area contributed by atoms with Crippen LogP contribution in [0, 0.1) is 0 Å². The highest BCUT2D eigenvalue weighted by Gasteiger charge is 2.35. The van der Waals surface area contributed by atoms with E-state index in [1.807, 2.05) is 91.9 Å². The fraction of sp³-hybridized carbons (Fsp3) is 0.0192. The van der Waals surface area contributed by atoms with Crippen molar-refractivity contribution in [1.29, 1.82) is 0 Å². The molecule has 0 saturated heterocycles. The molecular weight excluding hydrogens is 727 g/mol. The molecule has 2 aromatic heterocycles. The van der Waals surface area contributed by atoms with Crippen LogP contribution in [-0.2, 0) is 0 Å². The van der Waals surface area contributed by atoms with Gasteiger partial charge in [-0.25, -0.2) is 15.0 Å². The summed E-state index contributed by atoms with van der Waals surface area (Å²) in [6.07, 6.45) is 7.62. The summed E-state index contributed by atoms with van der Waals surface area (Å²) in [6, 6.07) is 54.2. The first kappa shape index (κ1) is 34.2. The molecule has 0 N–H and O–H groups in total. The van der Waals surface area contributed by atoms with Crippen molar-refractivity contribution in [2.75, 3.05) is 4.90 Å². The fourth-order valence-electron chi connectivity index (χ4n) is 8.23. The Morgan fingerprint density at radius 1 is 0.542 bits per heavy atom. The molecule has 9 aromatic rings. The average Bonchev–Trinajstić information content (AvgIpc) is 3.63. The first-order chi connectivity index (χ1) is 29.1. The lowest BCUT2D eigenvalue weighted by Crippen LogP contribution is -2.20. The van der Waals surface area contributed by atoms with Crippen LogP contribution in [0.5, 0.6) is 23.0 Å². The van der Waals surface area contributed by atoms with Crippen molar-refractivity contribution in [2.45, 2.75) is 6.92 Å². The lowest BCUT2D eigenvalue weighted by Gasteiger charge is -2.38. The standard InChI is InChI=1S/C52H35N5O2/c1-3-5-16-33(4-2)50-53-51(34-17-7-6-8-18-34)55-52(54-50)36-19-15-20-38(29-36)56-41-22-10-9-21-39(41)40-30-35(27-28-42(40)56)37-31-47-49-48(32-37)59-46-26-14-12-24-44(46)57(49)43-23-11-13-25-45(43)58-47/h3-32H,1H2,2H3/b16-5-,33-4+. The second kappa shape index (κ2) is 13.9. The van der Waals surface area contributed by atoms with Crippen molar-refractivity contribution in [3.8, 4) is 62.6 Å². The number of fused-ring (bicyclic) bond motifs is 7. The van der Waals surface area contributed by atoms with Gasteiger partial charge in [0.2, 0.25) is 0 Å². The Hall–Kier alpha value is -8.03. The number of allylic oxidation sites excluding steroid dienone is 5. The Labute approximate surface area is 341 Å². The van der Waals surface area contributed by atoms with Crippen LogP contribution >= 0.6 is 0 Å². The average molecular weight is 762 g/mol. The van der Waals surface area contributed by atoms with E-state index in [0.29, 0.717) is 17.5 Å². The van der Waals surface area contributed by atoms with Crippen LogP contribution < -0.4 is 14.4 Å². The Balaban J connectivity index is 1.04. The van der Waals surface area contributed by atoms with Gasteiger partial charge in [0.05, 0.1) is 22.4 Å². The van der Waals surface area contributed by atoms with Crippen molar-refractivity contribution in [2.24, 2.45) is 0 Å². The van der Waals surface area contributed by atoms with Crippen LogP contribution in [0.25, 0.3) is 67.0 Å². The number of anilines is 3. The molecule has 0 bridgehead atoms. The largest absolute Gasteiger partial charge is 0.453 e. The minimum Gasteiger partial charge on any atom is -0.453 e. The molecule has 0 radical (unpaired) electrons. The van der Waals surface area contributed by atoms with Crippen LogP contribution in [0.3, 0.4) is 0 Å². The maximum absolute atomic E-state index is 6.59. The van der Waals surface area contributed by atoms with Gasteiger partial charge in [-0.05, 0) is 84.8 Å². The van der Waals surface area contributed by atoms with Crippen LogP contribution in [0.15, 0.2) is 189 Å². The molecule has 7 heteroatoms. The molecule has 2 aliphatic heterocycles. The number of hydrogen-bond acceptors (Lipinski definition) is 6. The topological polar surface area (TPSA) is 65.3 Å². The summed E-state index contributed by atoms with van der Waals surface area (Å²) in [5.74, 6) is 4.90. The highest BCUT2D eigenvalue weighted by molar-refractivity contribution is 6.10. The zero-order valence-electron chi connectivity index (χ0n) is 32.1. The van der Waals surface area contributed by atoms with E-state index >= 15 is 0 Å². The lowest BCUT2D eigenvalue weighted by atomic mass is 9.99. The van der Waals surface area contributed by atoms with Crippen molar-refractivity contribution >= 4 is 44.4 Å². The summed E-state index contributed by atoms with van der Waals surface area (Å²) < 4.78 is 15.5. The Kier molecular flexibility index (Phi) is 8.05. The molecule has 7 nitrogen and oxygen atoms in total. The zero-order chi connectivity index (χ0) is 39.5. The van der Waals surface area contributed by atoms with Gasteiger partial charge in [0.15, 0.2) is 40.5 Å². The normalized spacial score (nSPS) is 12.8. The van der Waals surface area contributed by atoms with Gasteiger partial charge in [-0.15, -0.1) is 0 Å². The van der Waals surface area contributed by atoms with Gasteiger partial charge in [-0.3, -0.25) is 4.90 Å². The van der Waals surface area contributed by atoms with Crippen molar-refractivity contribution in [3.05, 3.63) is 194 Å². The van der Waals surface area contributed by atoms with Crippen molar-refractivity contribution in [1.82, 2.24) is 19.5 Å². The van der Waals surface area contributed by atoms with E-state index in [0.717, 1.165) is 95.4 Å². The maximum atomic E-state index is 6.59. The second-order valence-corrected chi connectivity index (χ2v) is 14.4. The van der Waals surface area contributed by atoms with E-state index in [1.165, 1.54) is 0 Å². The van der Waals surface area contributed by atoms with Crippen LogP contribution in [0.4, 0.5) is 17.1 Å². The molecule has 2 aliphatic rings. The maximum Gasteiger partial charge on any atom is 0.164 e. The molecule has 0 spiro atoms. The van der Waals surface area contributed by atoms with E-state index in [2.05, 4.69) is 107 Å². The van der Waals surface area contributed by atoms with Gasteiger partial charge >= 0.3 is 0 Å². The van der Waals surface area contributed by atoms with Gasteiger partial charge in [-0.1, -0.05) is 122 Å². The molecular formula is C52H35N5O2. The third kappa shape index (κ3) is 5.70. The summed E-state index contributed by atoms with van der Waals surface area (Å²) in [7, 11) is 0. The molecule has 0 aliphatic carbocycles. The number of nitrogens with zero attached hydrogens (tertiary/aromatic N) is 5. The minimum absolute atomic E-state index is 0.592. The Bertz CT molecular complexity index is 3150. The number of aromatic nitrogens is 4. The summed E-state index contributed by atoms with van der Waals surface area (Å²) in [5.41, 5.74) is 10.8. The molecule has 0 fully saturated rings. The summed E-state index contributed by atoms with van der Waals surface area (Å²) in [4.78, 5) is 17.2. The number of ether oxygens (including phenoxy) is 2. The quantitative estimate of drug-likeness (QED) is 0.151. The predicted molar refractivity (Wildman–Crippen MR) is 238 cm³/mol. The molecule has 0 unspecified atom stereocenters. The van der Waals surface area contributed by atoms with Crippen LogP contribution in [0.1, 0.15) is 12.7 Å². The van der Waals surface area contributed by atoms with Crippen molar-refractivity contribution in [3.63, 3.8) is 0 Å². The molecule has 7 aromatic carbocycles. The van der Waals surface area contributed by atoms with E-state index in [4.69, 9.17) is 24.4 Å². The van der Waals surface area contributed by atoms with Crippen LogP contribution in [0.2, 0.25) is 0 Å². The smallest absolute Gasteiger partial charge is 0.164 e. The third-order valence-electron chi connectivity index (χ3n) is 10.9. The first-order valence-electron chi connectivity index (χ1n) is 19.6. The molecule has 11 rings (SSSR count). The number of rotatable bonds is 7. The van der Waals surface area contributed by atoms with Gasteiger partial charge in [0, 0.05) is 33.2 Å². The van der Waals surface area contributed by atoms with E-state index < -0.39 is 0 Å². The molecule has 59 heavy (non-hydrogen) atoms. The van der Waals surface area contributed by atoms with Gasteiger partial charge < -0.3 is 14.0 Å². The van der Waals surface area contributed by atoms with Gasteiger partial charge in [-0.2, -0.15) is 0 Å². The lowest BCUT2D eigenvalue weighted by molar-refractivity contribution is 0.446. The Morgan fingerprint density at radius 3 is 1.92 bits per heavy atom. The number of hydrogen-bond donors (Lipinski definition) is 0. The van der Waals surface area contributed by atoms with Crippen molar-refractivity contribution < 1.29 is 9.47 Å². The second-order valence-electron chi connectivity index (χ2n) is 14.4. The van der Waals surface area contributed by atoms with Gasteiger partial charge in [0.25, 0.3) is 0 Å². The summed E-state index contributed by atoms with van der Waals surface area (Å²) in [6.45, 7) is 5.83. The minimum atomic E-state index is 0.592. The highest BCUT2D eigenvalue weighted by Crippen LogP contribution is 2.60. The molecule has 0 saturated carbocycles. The first-order valence-corrected chi connectivity index (χ1v) is 19.6. The molecule has 4 heterocycles. The predicted octanol–water partition coefficient (Wildman–Crippen LogP) is 13.8. The third-order valence-corrected chi connectivity index (χ3v) is 10.9. The van der Waals surface area contributed by atoms with E-state index in [9.17, 15) is 0 Å².